The average molecular weight is 444 g/mol. The molecule has 160 valence electrons. The zero-order valence-electron chi connectivity index (χ0n) is 16.3. The smallest absolute Gasteiger partial charge is 0.262 e. The van der Waals surface area contributed by atoms with Gasteiger partial charge >= 0.3 is 0 Å². The lowest BCUT2D eigenvalue weighted by molar-refractivity contribution is -0.111. The number of carbonyl (C=O) groups is 1. The van der Waals surface area contributed by atoms with Crippen LogP contribution in [0.2, 0.25) is 0 Å². The highest BCUT2D eigenvalue weighted by atomic mass is 32.2. The van der Waals surface area contributed by atoms with Crippen LogP contribution in [-0.2, 0) is 14.8 Å². The molecule has 0 saturated heterocycles. The molecule has 3 aromatic carbocycles. The van der Waals surface area contributed by atoms with Crippen molar-refractivity contribution in [3.8, 4) is 5.75 Å². The van der Waals surface area contributed by atoms with E-state index in [0.717, 1.165) is 24.3 Å². The highest BCUT2D eigenvalue weighted by molar-refractivity contribution is 7.92. The lowest BCUT2D eigenvalue weighted by atomic mass is 10.2. The van der Waals surface area contributed by atoms with Gasteiger partial charge in [-0.25, -0.2) is 17.2 Å². The number of benzene rings is 3. The SMILES string of the molecule is COc1ccc(NC(=O)/C=C/c2ccc(F)cc2)cc1NS(=O)(=O)c1ccc(F)cc1. The van der Waals surface area contributed by atoms with Crippen molar-refractivity contribution in [3.63, 3.8) is 0 Å². The van der Waals surface area contributed by atoms with Crippen molar-refractivity contribution >= 4 is 33.4 Å². The van der Waals surface area contributed by atoms with Crippen molar-refractivity contribution in [1.29, 1.82) is 0 Å². The third-order valence-electron chi connectivity index (χ3n) is 4.13. The first-order valence-electron chi connectivity index (χ1n) is 8.98. The number of hydrogen-bond acceptors (Lipinski definition) is 4. The molecule has 1 amide bonds. The first kappa shape index (κ1) is 22.0. The van der Waals surface area contributed by atoms with Gasteiger partial charge in [-0.3, -0.25) is 9.52 Å². The molecule has 0 fully saturated rings. The zero-order chi connectivity index (χ0) is 22.4. The molecule has 9 heteroatoms. The molecule has 0 bridgehead atoms. The molecule has 2 N–H and O–H groups in total. The lowest BCUT2D eigenvalue weighted by Crippen LogP contribution is -2.14. The van der Waals surface area contributed by atoms with Crippen LogP contribution < -0.4 is 14.8 Å². The van der Waals surface area contributed by atoms with Crippen molar-refractivity contribution in [2.75, 3.05) is 17.1 Å². The Labute approximate surface area is 178 Å². The Balaban J connectivity index is 1.77. The van der Waals surface area contributed by atoms with Crippen LogP contribution in [0.25, 0.3) is 6.08 Å². The number of carbonyl (C=O) groups excluding carboxylic acids is 1. The fourth-order valence-electron chi connectivity index (χ4n) is 2.61. The maximum Gasteiger partial charge on any atom is 0.262 e. The summed E-state index contributed by atoms with van der Waals surface area (Å²) in [7, 11) is -2.64. The van der Waals surface area contributed by atoms with E-state index < -0.39 is 21.7 Å². The van der Waals surface area contributed by atoms with Crippen LogP contribution in [0.3, 0.4) is 0 Å². The maximum atomic E-state index is 13.1. The van der Waals surface area contributed by atoms with Crippen molar-refractivity contribution in [2.24, 2.45) is 0 Å². The molecule has 0 aliphatic heterocycles. The van der Waals surface area contributed by atoms with E-state index in [-0.39, 0.29) is 22.1 Å². The molecule has 0 aromatic heterocycles. The monoisotopic (exact) mass is 444 g/mol. The van der Waals surface area contributed by atoms with Crippen LogP contribution in [-0.4, -0.2) is 21.4 Å². The van der Waals surface area contributed by atoms with Gasteiger partial charge in [-0.2, -0.15) is 0 Å². The second kappa shape index (κ2) is 9.40. The number of methoxy groups -OCH3 is 1. The maximum absolute atomic E-state index is 13.1. The van der Waals surface area contributed by atoms with Crippen LogP contribution in [0, 0.1) is 11.6 Å². The third kappa shape index (κ3) is 5.89. The van der Waals surface area contributed by atoms with E-state index in [1.165, 1.54) is 61.7 Å². The highest BCUT2D eigenvalue weighted by Crippen LogP contribution is 2.30. The lowest BCUT2D eigenvalue weighted by Gasteiger charge is -2.13. The molecule has 0 aliphatic rings. The van der Waals surface area contributed by atoms with Crippen LogP contribution >= 0.6 is 0 Å². The van der Waals surface area contributed by atoms with Gasteiger partial charge in [0.05, 0.1) is 17.7 Å². The number of anilines is 2. The molecule has 0 radical (unpaired) electrons. The van der Waals surface area contributed by atoms with Gasteiger partial charge in [0.2, 0.25) is 5.91 Å². The third-order valence-corrected chi connectivity index (χ3v) is 5.51. The summed E-state index contributed by atoms with van der Waals surface area (Å²) in [5, 5.41) is 2.61. The number of halogens is 2. The summed E-state index contributed by atoms with van der Waals surface area (Å²) in [5.74, 6) is -1.18. The Morgan fingerprint density at radius 2 is 1.55 bits per heavy atom. The zero-order valence-corrected chi connectivity index (χ0v) is 17.1. The van der Waals surface area contributed by atoms with E-state index >= 15 is 0 Å². The van der Waals surface area contributed by atoms with Gasteiger partial charge in [-0.15, -0.1) is 0 Å². The Bertz CT molecular complexity index is 1210. The summed E-state index contributed by atoms with van der Waals surface area (Å²) in [6.45, 7) is 0. The first-order chi connectivity index (χ1) is 14.8. The van der Waals surface area contributed by atoms with Crippen molar-refractivity contribution < 1.29 is 26.7 Å². The van der Waals surface area contributed by atoms with Gasteiger partial charge in [0, 0.05) is 11.8 Å². The predicted molar refractivity (Wildman–Crippen MR) is 114 cm³/mol. The Kier molecular flexibility index (Phi) is 6.66. The predicted octanol–water partition coefficient (Wildman–Crippen LogP) is 4.43. The molecule has 3 aromatic rings. The van der Waals surface area contributed by atoms with Gasteiger partial charge in [-0.05, 0) is 66.2 Å². The largest absolute Gasteiger partial charge is 0.495 e. The van der Waals surface area contributed by atoms with E-state index in [1.54, 1.807) is 0 Å². The summed E-state index contributed by atoms with van der Waals surface area (Å²) in [4.78, 5) is 12.0. The molecule has 3 rings (SSSR count). The number of hydrogen-bond donors (Lipinski definition) is 2. The summed E-state index contributed by atoms with van der Waals surface area (Å²) >= 11 is 0. The standard InChI is InChI=1S/C22H18F2N2O4S/c1-30-21-12-9-18(25-22(27)13-4-15-2-5-16(23)6-3-15)14-20(21)26-31(28,29)19-10-7-17(24)8-11-19/h2-14,26H,1H3,(H,25,27)/b13-4+. The Morgan fingerprint density at radius 3 is 2.16 bits per heavy atom. The van der Waals surface area contributed by atoms with Crippen LogP contribution in [0.5, 0.6) is 5.75 Å². The molecule has 0 spiro atoms. The number of amides is 1. The minimum Gasteiger partial charge on any atom is -0.495 e. The summed E-state index contributed by atoms with van der Waals surface area (Å²) in [6.07, 6.45) is 2.77. The summed E-state index contributed by atoms with van der Waals surface area (Å²) in [5.41, 5.74) is 1.04. The van der Waals surface area contributed by atoms with Crippen LogP contribution in [0.1, 0.15) is 5.56 Å². The van der Waals surface area contributed by atoms with Crippen LogP contribution in [0.15, 0.2) is 77.7 Å². The molecule has 6 nitrogen and oxygen atoms in total. The number of ether oxygens (including phenoxy) is 1. The van der Waals surface area contributed by atoms with Crippen molar-refractivity contribution in [1.82, 2.24) is 0 Å². The molecule has 0 unspecified atom stereocenters. The fraction of sp³-hybridized carbons (Fsp3) is 0.0455. The minimum atomic E-state index is -4.01. The Morgan fingerprint density at radius 1 is 0.935 bits per heavy atom. The van der Waals surface area contributed by atoms with Gasteiger partial charge in [0.25, 0.3) is 10.0 Å². The molecule has 31 heavy (non-hydrogen) atoms. The minimum absolute atomic E-state index is 0.0899. The first-order valence-corrected chi connectivity index (χ1v) is 10.5. The molecular formula is C22H18F2N2O4S. The number of nitrogens with one attached hydrogen (secondary N) is 2. The normalized spacial score (nSPS) is 11.3. The number of rotatable bonds is 7. The van der Waals surface area contributed by atoms with Gasteiger partial charge in [0.15, 0.2) is 0 Å². The summed E-state index contributed by atoms with van der Waals surface area (Å²) < 4.78 is 58.7. The van der Waals surface area contributed by atoms with E-state index in [2.05, 4.69) is 10.0 Å². The second-order valence-electron chi connectivity index (χ2n) is 6.35. The topological polar surface area (TPSA) is 84.5 Å². The van der Waals surface area contributed by atoms with E-state index in [0.29, 0.717) is 11.3 Å². The van der Waals surface area contributed by atoms with E-state index in [4.69, 9.17) is 4.74 Å². The highest BCUT2D eigenvalue weighted by Gasteiger charge is 2.17. The second-order valence-corrected chi connectivity index (χ2v) is 8.03. The average Bonchev–Trinajstić information content (AvgIpc) is 2.73. The molecule has 0 aliphatic carbocycles. The molecular weight excluding hydrogens is 426 g/mol. The van der Waals surface area contributed by atoms with Crippen LogP contribution in [0.4, 0.5) is 20.2 Å². The quantitative estimate of drug-likeness (QED) is 0.528. The molecule has 0 heterocycles. The van der Waals surface area contributed by atoms with Crippen molar-refractivity contribution in [2.45, 2.75) is 4.90 Å². The van der Waals surface area contributed by atoms with E-state index in [1.807, 2.05) is 0 Å². The van der Waals surface area contributed by atoms with E-state index in [9.17, 15) is 22.0 Å². The van der Waals surface area contributed by atoms with Gasteiger partial charge in [-0.1, -0.05) is 12.1 Å². The fourth-order valence-corrected chi connectivity index (χ4v) is 3.67. The molecule has 0 saturated carbocycles. The summed E-state index contributed by atoms with van der Waals surface area (Å²) in [6, 6.07) is 14.4. The van der Waals surface area contributed by atoms with Gasteiger partial charge < -0.3 is 10.1 Å². The molecule has 0 atom stereocenters. The number of sulfonamides is 1. The Hall–Kier alpha value is -3.72. The van der Waals surface area contributed by atoms with Crippen molar-refractivity contribution in [3.05, 3.63) is 90.0 Å². The van der Waals surface area contributed by atoms with Gasteiger partial charge in [0.1, 0.15) is 17.4 Å².